The van der Waals surface area contributed by atoms with Crippen LogP contribution in [0.15, 0.2) is 60.7 Å². The van der Waals surface area contributed by atoms with E-state index in [1.165, 1.54) is 21.1 Å². The number of likely N-dealkylation sites (N-methyl/N-ethyl adjacent to an activating group) is 1. The number of methoxy groups -OCH3 is 1. The molecule has 1 aliphatic rings. The average molecular weight is 646 g/mol. The molecule has 1 aliphatic heterocycles. The highest BCUT2D eigenvalue weighted by Gasteiger charge is 2.30. The lowest BCUT2D eigenvalue weighted by Crippen LogP contribution is -2.35. The fourth-order valence-electron chi connectivity index (χ4n) is 5.16. The van der Waals surface area contributed by atoms with E-state index in [2.05, 4.69) is 68.6 Å². The number of carbonyl (C=O) groups excluding carboxylic acids is 4. The number of carbonyl (C=O) groups is 4. The van der Waals surface area contributed by atoms with Crippen LogP contribution in [0, 0.1) is 0 Å². The van der Waals surface area contributed by atoms with Crippen molar-refractivity contribution < 1.29 is 28.7 Å². The largest absolute Gasteiger partial charge is 0.465 e. The molecule has 0 fully saturated rings. The molecule has 3 aromatic rings. The first-order chi connectivity index (χ1) is 22.6. The second-order valence-electron chi connectivity index (χ2n) is 11.4. The molecule has 0 saturated heterocycles. The maximum absolute atomic E-state index is 12.1. The van der Waals surface area contributed by atoms with Gasteiger partial charge in [-0.1, -0.05) is 36.8 Å². The second kappa shape index (κ2) is 18.3. The van der Waals surface area contributed by atoms with Gasteiger partial charge in [-0.25, -0.2) is 4.79 Å². The molecule has 11 heteroatoms. The number of hydrogen-bond donors (Lipinski definition) is 4. The summed E-state index contributed by atoms with van der Waals surface area (Å²) in [6, 6.07) is 20.3. The van der Waals surface area contributed by atoms with Crippen LogP contribution in [-0.2, 0) is 25.7 Å². The monoisotopic (exact) mass is 645 g/mol. The predicted octanol–water partition coefficient (Wildman–Crippen LogP) is 4.09. The number of nitrogens with one attached hydrogen (secondary N) is 4. The Balaban J connectivity index is 0.000000303. The number of ether oxygens (including phenoxy) is 2. The molecular formula is C36H47N5O6. The molecule has 0 aliphatic carbocycles. The molecule has 3 aromatic carbocycles. The second-order valence-corrected chi connectivity index (χ2v) is 11.4. The lowest BCUT2D eigenvalue weighted by Gasteiger charge is -2.30. The van der Waals surface area contributed by atoms with Gasteiger partial charge in [0.25, 0.3) is 0 Å². The number of unbranched alkanes of at least 4 members (excludes halogenated alkanes) is 2. The van der Waals surface area contributed by atoms with Crippen molar-refractivity contribution >= 4 is 29.4 Å². The zero-order valence-corrected chi connectivity index (χ0v) is 28.2. The van der Waals surface area contributed by atoms with Gasteiger partial charge in [-0.15, -0.1) is 0 Å². The van der Waals surface area contributed by atoms with Gasteiger partial charge < -0.3 is 35.6 Å². The Hall–Kier alpha value is -4.90. The molecule has 4 rings (SSSR count). The van der Waals surface area contributed by atoms with Gasteiger partial charge in [0.1, 0.15) is 11.5 Å². The molecule has 0 radical (unpaired) electrons. The molecule has 0 aromatic heterocycles. The smallest absolute Gasteiger partial charge is 0.337 e. The quantitative estimate of drug-likeness (QED) is 0.126. The summed E-state index contributed by atoms with van der Waals surface area (Å²) in [5.41, 5.74) is 5.97. The van der Waals surface area contributed by atoms with Crippen molar-refractivity contribution in [2.45, 2.75) is 45.1 Å². The molecule has 11 nitrogen and oxygen atoms in total. The van der Waals surface area contributed by atoms with E-state index in [1.54, 1.807) is 6.07 Å². The summed E-state index contributed by atoms with van der Waals surface area (Å²) in [5, 5.41) is 10.8. The van der Waals surface area contributed by atoms with Crippen LogP contribution in [0.2, 0.25) is 0 Å². The molecule has 0 spiro atoms. The molecule has 252 valence electrons. The van der Waals surface area contributed by atoms with Gasteiger partial charge in [0.15, 0.2) is 0 Å². The minimum Gasteiger partial charge on any atom is -0.465 e. The van der Waals surface area contributed by atoms with Crippen molar-refractivity contribution in [1.29, 1.82) is 0 Å². The van der Waals surface area contributed by atoms with Gasteiger partial charge in [0.2, 0.25) is 17.7 Å². The average Bonchev–Trinajstić information content (AvgIpc) is 3.07. The molecule has 0 bridgehead atoms. The van der Waals surface area contributed by atoms with Crippen LogP contribution < -0.4 is 30.9 Å². The van der Waals surface area contributed by atoms with Gasteiger partial charge in [-0.05, 0) is 55.3 Å². The van der Waals surface area contributed by atoms with Crippen LogP contribution in [-0.4, -0.2) is 72.1 Å². The van der Waals surface area contributed by atoms with Crippen LogP contribution in [0.3, 0.4) is 0 Å². The molecule has 1 unspecified atom stereocenters. The first-order valence-corrected chi connectivity index (χ1v) is 15.7. The Kier molecular flexibility index (Phi) is 14.2. The lowest BCUT2D eigenvalue weighted by molar-refractivity contribution is -0.125. The van der Waals surface area contributed by atoms with Crippen LogP contribution in [0.25, 0.3) is 0 Å². The minimum atomic E-state index is -0.336. The summed E-state index contributed by atoms with van der Waals surface area (Å²) in [6.07, 6.45) is 2.92. The van der Waals surface area contributed by atoms with Crippen molar-refractivity contribution in [3.63, 3.8) is 0 Å². The summed E-state index contributed by atoms with van der Waals surface area (Å²) in [7, 11) is 8.89. The Bertz CT molecular complexity index is 1540. The molecule has 4 N–H and O–H groups in total. The summed E-state index contributed by atoms with van der Waals surface area (Å²) >= 11 is 0. The van der Waals surface area contributed by atoms with E-state index in [0.717, 1.165) is 65.2 Å². The third-order valence-corrected chi connectivity index (χ3v) is 7.63. The normalized spacial score (nSPS) is 12.6. The van der Waals surface area contributed by atoms with E-state index in [-0.39, 0.29) is 36.2 Å². The number of hydrogen-bond acceptors (Lipinski definition) is 8. The lowest BCUT2D eigenvalue weighted by atomic mass is 9.81. The number of amides is 3. The van der Waals surface area contributed by atoms with E-state index in [0.29, 0.717) is 18.5 Å². The maximum Gasteiger partial charge on any atom is 0.337 e. The molecule has 0 saturated carbocycles. The SMILES string of the molecule is CNC(=O)CNC(=O)CCCCCNC(C)=O.CNCc1ccc2c(c1)Oc1cc(N(C)C)ccc1C2c1cccc(C(=O)OC)c1. The van der Waals surface area contributed by atoms with E-state index in [9.17, 15) is 19.2 Å². The summed E-state index contributed by atoms with van der Waals surface area (Å²) in [6.45, 7) is 2.92. The Morgan fingerprint density at radius 1 is 0.851 bits per heavy atom. The fourth-order valence-corrected chi connectivity index (χ4v) is 5.16. The van der Waals surface area contributed by atoms with Gasteiger partial charge >= 0.3 is 5.97 Å². The van der Waals surface area contributed by atoms with Crippen LogP contribution in [0.1, 0.15) is 71.1 Å². The van der Waals surface area contributed by atoms with Gasteiger partial charge in [0.05, 0.1) is 19.2 Å². The van der Waals surface area contributed by atoms with Gasteiger partial charge in [-0.2, -0.15) is 0 Å². The molecule has 47 heavy (non-hydrogen) atoms. The summed E-state index contributed by atoms with van der Waals surface area (Å²) < 4.78 is 11.3. The number of benzene rings is 3. The molecule has 3 amide bonds. The molecule has 1 atom stereocenters. The number of fused-ring (bicyclic) bond motifs is 2. The third kappa shape index (κ3) is 10.8. The van der Waals surface area contributed by atoms with E-state index in [4.69, 9.17) is 9.47 Å². The van der Waals surface area contributed by atoms with Crippen molar-refractivity contribution in [1.82, 2.24) is 21.3 Å². The van der Waals surface area contributed by atoms with Gasteiger partial charge in [-0.3, -0.25) is 14.4 Å². The van der Waals surface area contributed by atoms with Crippen molar-refractivity contribution in [2.24, 2.45) is 0 Å². The van der Waals surface area contributed by atoms with Crippen molar-refractivity contribution in [3.05, 3.63) is 88.5 Å². The fraction of sp³-hybridized carbons (Fsp3) is 0.389. The highest BCUT2D eigenvalue weighted by Crippen LogP contribution is 2.48. The standard InChI is InChI=1S/C25H26N2O3.C11H21N3O3/c1-26-15-16-8-10-20-22(12-16)30-23-14-19(27(2)3)9-11-21(23)24(20)17-6-5-7-18(13-17)25(28)29-4;1-9(15)13-7-5-3-4-6-10(16)14-8-11(17)12-2/h5-14,24,26H,15H2,1-4H3;3-8H2,1-2H3,(H,12,17)(H,13,15)(H,14,16). The van der Waals surface area contributed by atoms with Gasteiger partial charge in [0, 0.05) is 76.4 Å². The van der Waals surface area contributed by atoms with Crippen LogP contribution >= 0.6 is 0 Å². The first-order valence-electron chi connectivity index (χ1n) is 15.7. The van der Waals surface area contributed by atoms with E-state index >= 15 is 0 Å². The first kappa shape index (κ1) is 36.6. The number of anilines is 1. The Labute approximate surface area is 277 Å². The van der Waals surface area contributed by atoms with E-state index < -0.39 is 0 Å². The van der Waals surface area contributed by atoms with Crippen molar-refractivity contribution in [3.8, 4) is 11.5 Å². The Morgan fingerprint density at radius 3 is 2.23 bits per heavy atom. The summed E-state index contributed by atoms with van der Waals surface area (Å²) in [4.78, 5) is 46.8. The zero-order valence-electron chi connectivity index (χ0n) is 28.2. The Morgan fingerprint density at radius 2 is 1.57 bits per heavy atom. The van der Waals surface area contributed by atoms with E-state index in [1.807, 2.05) is 33.3 Å². The maximum atomic E-state index is 12.1. The van der Waals surface area contributed by atoms with Crippen LogP contribution in [0.4, 0.5) is 5.69 Å². The topological polar surface area (TPSA) is 138 Å². The zero-order chi connectivity index (χ0) is 34.3. The number of esters is 1. The summed E-state index contributed by atoms with van der Waals surface area (Å²) in [5.74, 6) is 0.957. The van der Waals surface area contributed by atoms with Crippen LogP contribution in [0.5, 0.6) is 11.5 Å². The number of rotatable bonds is 13. The minimum absolute atomic E-state index is 0.0290. The number of nitrogens with zero attached hydrogens (tertiary/aromatic N) is 1. The van der Waals surface area contributed by atoms with Crippen molar-refractivity contribution in [2.75, 3.05) is 53.3 Å². The molecule has 1 heterocycles. The molecular weight excluding hydrogens is 598 g/mol. The third-order valence-electron chi connectivity index (χ3n) is 7.63. The predicted molar refractivity (Wildman–Crippen MR) is 183 cm³/mol. The highest BCUT2D eigenvalue weighted by atomic mass is 16.5. The highest BCUT2D eigenvalue weighted by molar-refractivity contribution is 5.89.